The third-order valence-electron chi connectivity index (χ3n) is 4.35. The van der Waals surface area contributed by atoms with E-state index in [0.29, 0.717) is 0 Å². The van der Waals surface area contributed by atoms with E-state index in [9.17, 15) is 0 Å². The van der Waals surface area contributed by atoms with Gasteiger partial charge in [-0.3, -0.25) is 0 Å². The van der Waals surface area contributed by atoms with E-state index >= 15 is 0 Å². The molecule has 25 heavy (non-hydrogen) atoms. The Morgan fingerprint density at radius 2 is 1.80 bits per heavy atom. The molecule has 0 aliphatic carbocycles. The largest absolute Gasteiger partial charge is 0.493 e. The van der Waals surface area contributed by atoms with Crippen molar-refractivity contribution in [2.75, 3.05) is 25.7 Å². The smallest absolute Gasteiger partial charge is 0.161 e. The Hall–Kier alpha value is -2.82. The lowest BCUT2D eigenvalue weighted by Crippen LogP contribution is -2.23. The molecule has 1 aromatic heterocycles. The fourth-order valence-electron chi connectivity index (χ4n) is 3.04. The molecular formula is C20H23N3O2. The van der Waals surface area contributed by atoms with E-state index in [1.807, 2.05) is 24.3 Å². The van der Waals surface area contributed by atoms with Crippen molar-refractivity contribution in [3.05, 3.63) is 53.9 Å². The zero-order chi connectivity index (χ0) is 17.8. The molecule has 0 saturated carbocycles. The van der Waals surface area contributed by atoms with E-state index in [1.165, 1.54) is 5.56 Å². The predicted molar refractivity (Wildman–Crippen MR) is 101 cm³/mol. The minimum Gasteiger partial charge on any atom is -0.493 e. The number of aromatic nitrogens is 2. The fourth-order valence-corrected chi connectivity index (χ4v) is 3.04. The van der Waals surface area contributed by atoms with Gasteiger partial charge in [-0.15, -0.1) is 0 Å². The summed E-state index contributed by atoms with van der Waals surface area (Å²) in [7, 11) is 3.30. The number of aryl methyl sites for hydroxylation is 1. The minimum atomic E-state index is 0.733. The van der Waals surface area contributed by atoms with Crippen molar-refractivity contribution in [2.45, 2.75) is 20.4 Å². The van der Waals surface area contributed by atoms with Crippen molar-refractivity contribution in [1.82, 2.24) is 9.97 Å². The lowest BCUT2D eigenvalue weighted by molar-refractivity contribution is 0.354. The van der Waals surface area contributed by atoms with Gasteiger partial charge in [0.2, 0.25) is 0 Å². The topological polar surface area (TPSA) is 47.5 Å². The van der Waals surface area contributed by atoms with Gasteiger partial charge in [0.1, 0.15) is 12.1 Å². The van der Waals surface area contributed by atoms with Crippen molar-refractivity contribution < 1.29 is 9.47 Å². The Kier molecular flexibility index (Phi) is 5.03. The van der Waals surface area contributed by atoms with Crippen LogP contribution in [0.25, 0.3) is 10.9 Å². The summed E-state index contributed by atoms with van der Waals surface area (Å²) in [4.78, 5) is 11.2. The van der Waals surface area contributed by atoms with Gasteiger partial charge in [-0.2, -0.15) is 0 Å². The summed E-state index contributed by atoms with van der Waals surface area (Å²) in [5.74, 6) is 2.43. The molecule has 2 aromatic carbocycles. The highest BCUT2D eigenvalue weighted by Gasteiger charge is 2.14. The number of methoxy groups -OCH3 is 2. The maximum Gasteiger partial charge on any atom is 0.161 e. The summed E-state index contributed by atoms with van der Waals surface area (Å²) in [5, 5.41) is 1.10. The van der Waals surface area contributed by atoms with Gasteiger partial charge in [0, 0.05) is 18.5 Å². The second-order valence-electron chi connectivity index (χ2n) is 5.87. The summed E-state index contributed by atoms with van der Waals surface area (Å²) in [6.45, 7) is 5.80. The maximum absolute atomic E-state index is 5.42. The summed E-state index contributed by atoms with van der Waals surface area (Å²) in [6, 6.07) is 12.2. The predicted octanol–water partition coefficient (Wildman–Crippen LogP) is 3.98. The van der Waals surface area contributed by atoms with Crippen LogP contribution in [0.2, 0.25) is 0 Å². The first-order valence-corrected chi connectivity index (χ1v) is 8.34. The number of nitrogens with zero attached hydrogens (tertiary/aromatic N) is 3. The lowest BCUT2D eigenvalue weighted by atomic mass is 10.1. The van der Waals surface area contributed by atoms with E-state index in [4.69, 9.17) is 9.47 Å². The number of hydrogen-bond donors (Lipinski definition) is 0. The Labute approximate surface area is 148 Å². The maximum atomic E-state index is 5.42. The quantitative estimate of drug-likeness (QED) is 0.681. The van der Waals surface area contributed by atoms with Crippen LogP contribution in [-0.2, 0) is 6.54 Å². The van der Waals surface area contributed by atoms with Crippen molar-refractivity contribution in [3.8, 4) is 11.5 Å². The Balaban J connectivity index is 1.99. The van der Waals surface area contributed by atoms with Gasteiger partial charge in [0.15, 0.2) is 11.5 Å². The summed E-state index contributed by atoms with van der Waals surface area (Å²) in [6.07, 6.45) is 1.63. The first-order chi connectivity index (χ1) is 12.2. The van der Waals surface area contributed by atoms with Gasteiger partial charge < -0.3 is 14.4 Å². The number of fused-ring (bicyclic) bond motifs is 1. The van der Waals surface area contributed by atoms with Gasteiger partial charge in [-0.25, -0.2) is 9.97 Å². The van der Waals surface area contributed by atoms with Crippen LogP contribution in [0.4, 0.5) is 5.82 Å². The molecule has 5 nitrogen and oxygen atoms in total. The summed E-state index contributed by atoms with van der Waals surface area (Å²) < 4.78 is 10.7. The van der Waals surface area contributed by atoms with Gasteiger partial charge in [0.25, 0.3) is 0 Å². The van der Waals surface area contributed by atoms with Crippen molar-refractivity contribution in [2.24, 2.45) is 0 Å². The summed E-state index contributed by atoms with van der Waals surface area (Å²) in [5.41, 5.74) is 3.29. The van der Waals surface area contributed by atoms with Gasteiger partial charge in [-0.1, -0.05) is 18.2 Å². The number of benzene rings is 2. The molecule has 0 unspecified atom stereocenters. The number of hydrogen-bond acceptors (Lipinski definition) is 5. The van der Waals surface area contributed by atoms with E-state index in [1.54, 1.807) is 20.5 Å². The van der Waals surface area contributed by atoms with Gasteiger partial charge >= 0.3 is 0 Å². The van der Waals surface area contributed by atoms with Crippen molar-refractivity contribution >= 4 is 16.7 Å². The number of anilines is 1. The lowest BCUT2D eigenvalue weighted by Gasteiger charge is -2.24. The zero-order valence-corrected chi connectivity index (χ0v) is 15.1. The molecule has 1 heterocycles. The molecule has 0 spiro atoms. The van der Waals surface area contributed by atoms with E-state index in [2.05, 4.69) is 40.8 Å². The van der Waals surface area contributed by atoms with Gasteiger partial charge in [-0.05, 0) is 43.2 Å². The molecule has 0 aliphatic rings. The summed E-state index contributed by atoms with van der Waals surface area (Å²) >= 11 is 0. The Morgan fingerprint density at radius 1 is 1.00 bits per heavy atom. The van der Waals surface area contributed by atoms with Crippen LogP contribution in [0, 0.1) is 6.92 Å². The highest BCUT2D eigenvalue weighted by atomic mass is 16.5. The number of rotatable bonds is 6. The molecule has 3 rings (SSSR count). The van der Waals surface area contributed by atoms with Crippen molar-refractivity contribution in [3.63, 3.8) is 0 Å². The van der Waals surface area contributed by atoms with Crippen LogP contribution in [0.1, 0.15) is 18.1 Å². The third kappa shape index (κ3) is 3.36. The minimum absolute atomic E-state index is 0.733. The highest BCUT2D eigenvalue weighted by molar-refractivity contribution is 5.92. The molecule has 0 atom stereocenters. The van der Waals surface area contributed by atoms with Crippen LogP contribution in [-0.4, -0.2) is 30.7 Å². The molecule has 0 aliphatic heterocycles. The monoisotopic (exact) mass is 337 g/mol. The second kappa shape index (κ2) is 7.38. The number of ether oxygens (including phenoxy) is 2. The van der Waals surface area contributed by atoms with Crippen LogP contribution in [0.3, 0.4) is 0 Å². The van der Waals surface area contributed by atoms with Crippen LogP contribution in [0.15, 0.2) is 42.7 Å². The molecule has 0 N–H and O–H groups in total. The van der Waals surface area contributed by atoms with E-state index in [0.717, 1.165) is 46.9 Å². The molecule has 5 heteroatoms. The Morgan fingerprint density at radius 3 is 2.52 bits per heavy atom. The second-order valence-corrected chi connectivity index (χ2v) is 5.87. The van der Waals surface area contributed by atoms with Gasteiger partial charge in [0.05, 0.1) is 19.7 Å². The van der Waals surface area contributed by atoms with E-state index < -0.39 is 0 Å². The molecule has 0 amide bonds. The SMILES string of the molecule is CCN(Cc1ccc(OC)c(OC)c1)c1ncnc2cccc(C)c12. The third-order valence-corrected chi connectivity index (χ3v) is 4.35. The Bertz CT molecular complexity index is 875. The normalized spacial score (nSPS) is 10.7. The first kappa shape index (κ1) is 17.0. The average Bonchev–Trinajstić information content (AvgIpc) is 2.65. The molecular weight excluding hydrogens is 314 g/mol. The van der Waals surface area contributed by atoms with Crippen LogP contribution in [0.5, 0.6) is 11.5 Å². The molecule has 3 aromatic rings. The zero-order valence-electron chi connectivity index (χ0n) is 15.1. The fraction of sp³-hybridized carbons (Fsp3) is 0.300. The standard InChI is InChI=1S/C20H23N3O2/c1-5-23(12-15-9-10-17(24-3)18(11-15)25-4)20-19-14(2)7-6-8-16(19)21-13-22-20/h6-11,13H,5,12H2,1-4H3. The molecule has 130 valence electrons. The van der Waals surface area contributed by atoms with Crippen molar-refractivity contribution in [1.29, 1.82) is 0 Å². The first-order valence-electron chi connectivity index (χ1n) is 8.34. The molecule has 0 radical (unpaired) electrons. The van der Waals surface area contributed by atoms with Crippen LogP contribution >= 0.6 is 0 Å². The molecule has 0 bridgehead atoms. The average molecular weight is 337 g/mol. The molecule has 0 fully saturated rings. The highest BCUT2D eigenvalue weighted by Crippen LogP contribution is 2.30. The van der Waals surface area contributed by atoms with Crippen LogP contribution < -0.4 is 14.4 Å². The van der Waals surface area contributed by atoms with E-state index in [-0.39, 0.29) is 0 Å². The molecule has 0 saturated heterocycles.